The summed E-state index contributed by atoms with van der Waals surface area (Å²) in [6.45, 7) is 5.70. The van der Waals surface area contributed by atoms with Crippen molar-refractivity contribution in [2.24, 2.45) is 0 Å². The van der Waals surface area contributed by atoms with Gasteiger partial charge in [0.2, 0.25) is 0 Å². The van der Waals surface area contributed by atoms with Gasteiger partial charge in [-0.3, -0.25) is 4.90 Å². The molecule has 0 aliphatic carbocycles. The summed E-state index contributed by atoms with van der Waals surface area (Å²) in [7, 11) is 0. The topological polar surface area (TPSA) is 62.9 Å². The van der Waals surface area contributed by atoms with Gasteiger partial charge >= 0.3 is 5.97 Å². The number of carboxylic acids is 1. The van der Waals surface area contributed by atoms with Crippen LogP contribution in [-0.4, -0.2) is 41.8 Å². The summed E-state index contributed by atoms with van der Waals surface area (Å²) in [6.07, 6.45) is 1.81. The molecule has 106 valence electrons. The number of hydrogen-bond acceptors (Lipinski definition) is 4. The molecule has 19 heavy (non-hydrogen) atoms. The molecule has 1 saturated heterocycles. The van der Waals surface area contributed by atoms with Gasteiger partial charge in [-0.15, -0.1) is 0 Å². The van der Waals surface area contributed by atoms with Crippen LogP contribution >= 0.6 is 0 Å². The minimum atomic E-state index is -0.901. The Balaban J connectivity index is 1.81. The molecule has 1 atom stereocenters. The van der Waals surface area contributed by atoms with Crippen molar-refractivity contribution in [2.75, 3.05) is 19.7 Å². The number of rotatable bonds is 5. The molecular weight excluding hydrogens is 246 g/mol. The molecule has 1 aliphatic heterocycles. The van der Waals surface area contributed by atoms with E-state index in [1.165, 1.54) is 0 Å². The van der Waals surface area contributed by atoms with Crippen molar-refractivity contribution in [2.45, 2.75) is 38.8 Å². The van der Waals surface area contributed by atoms with Crippen molar-refractivity contribution in [3.8, 4) is 0 Å². The van der Waals surface area contributed by atoms with Crippen molar-refractivity contribution < 1.29 is 19.1 Å². The lowest BCUT2D eigenvalue weighted by Crippen LogP contribution is -2.39. The second-order valence-electron chi connectivity index (χ2n) is 5.06. The van der Waals surface area contributed by atoms with E-state index in [1.807, 2.05) is 19.1 Å². The maximum atomic E-state index is 10.5. The van der Waals surface area contributed by atoms with E-state index in [2.05, 4.69) is 11.8 Å². The van der Waals surface area contributed by atoms with Gasteiger partial charge in [0.05, 0.1) is 12.1 Å². The smallest absolute Gasteiger partial charge is 0.329 e. The average molecular weight is 267 g/mol. The summed E-state index contributed by atoms with van der Waals surface area (Å²) in [4.78, 5) is 12.8. The molecule has 1 aromatic rings. The Bertz CT molecular complexity index is 421. The fraction of sp³-hybridized carbons (Fsp3) is 0.643. The zero-order valence-corrected chi connectivity index (χ0v) is 11.5. The molecular formula is C14H21NO4. The minimum absolute atomic E-state index is 0.0675. The van der Waals surface area contributed by atoms with Gasteiger partial charge in [-0.2, -0.15) is 0 Å². The van der Waals surface area contributed by atoms with Crippen molar-refractivity contribution in [3.05, 3.63) is 23.7 Å². The van der Waals surface area contributed by atoms with Crippen molar-refractivity contribution in [1.29, 1.82) is 0 Å². The molecule has 2 heterocycles. The summed E-state index contributed by atoms with van der Waals surface area (Å²) in [6, 6.07) is 4.26. The first-order chi connectivity index (χ1) is 9.06. The fourth-order valence-electron chi connectivity index (χ4n) is 2.48. The second-order valence-corrected chi connectivity index (χ2v) is 5.06. The Labute approximate surface area is 113 Å². The van der Waals surface area contributed by atoms with Crippen LogP contribution in [0.25, 0.3) is 0 Å². The van der Waals surface area contributed by atoms with Crippen LogP contribution in [0.2, 0.25) is 0 Å². The Kier molecular flexibility index (Phi) is 4.61. The zero-order valence-electron chi connectivity index (χ0n) is 11.5. The number of aliphatic carboxylic acids is 1. The highest BCUT2D eigenvalue weighted by molar-refractivity contribution is 5.68. The van der Waals surface area contributed by atoms with Gasteiger partial charge in [-0.25, -0.2) is 4.79 Å². The van der Waals surface area contributed by atoms with E-state index in [0.717, 1.165) is 37.5 Å². The summed E-state index contributed by atoms with van der Waals surface area (Å²) in [5.74, 6) is 1.02. The first kappa shape index (κ1) is 14.1. The molecule has 2 rings (SSSR count). The highest BCUT2D eigenvalue weighted by atomic mass is 16.5. The number of likely N-dealkylation sites (tertiary alicyclic amines) is 1. The number of hydrogen-bond donors (Lipinski definition) is 1. The number of nitrogens with zero attached hydrogens (tertiary/aromatic N) is 1. The van der Waals surface area contributed by atoms with Crippen LogP contribution in [0, 0.1) is 6.92 Å². The molecule has 1 aliphatic rings. The van der Waals surface area contributed by atoms with Crippen LogP contribution in [0.3, 0.4) is 0 Å². The van der Waals surface area contributed by atoms with Gasteiger partial charge in [0, 0.05) is 13.1 Å². The standard InChI is InChI=1S/C14H21NO4/c1-10-3-4-13(19-10)11(2)15-7-5-12(6-8-15)18-9-14(16)17/h3-4,11-12H,5-9H2,1-2H3,(H,16,17). The summed E-state index contributed by atoms with van der Waals surface area (Å²) in [5.41, 5.74) is 0. The summed E-state index contributed by atoms with van der Waals surface area (Å²) >= 11 is 0. The molecule has 0 spiro atoms. The predicted octanol–water partition coefficient (Wildman–Crippen LogP) is 2.21. The van der Waals surface area contributed by atoms with Crippen LogP contribution in [0.5, 0.6) is 0 Å². The number of furan rings is 1. The third kappa shape index (κ3) is 3.81. The van der Waals surface area contributed by atoms with Crippen molar-refractivity contribution >= 4 is 5.97 Å². The van der Waals surface area contributed by atoms with Crippen LogP contribution in [0.1, 0.15) is 37.3 Å². The van der Waals surface area contributed by atoms with Crippen molar-refractivity contribution in [1.82, 2.24) is 4.90 Å². The normalized spacial score (nSPS) is 19.5. The van der Waals surface area contributed by atoms with Gasteiger partial charge in [-0.05, 0) is 38.8 Å². The van der Waals surface area contributed by atoms with E-state index in [1.54, 1.807) is 0 Å². The summed E-state index contributed by atoms with van der Waals surface area (Å²) < 4.78 is 11.0. The maximum absolute atomic E-state index is 10.5. The molecule has 1 unspecified atom stereocenters. The lowest BCUT2D eigenvalue weighted by Gasteiger charge is -2.34. The average Bonchev–Trinajstić information content (AvgIpc) is 2.83. The molecule has 0 radical (unpaired) electrons. The minimum Gasteiger partial charge on any atom is -0.480 e. The van der Waals surface area contributed by atoms with E-state index >= 15 is 0 Å². The Morgan fingerprint density at radius 2 is 2.21 bits per heavy atom. The molecule has 0 amide bonds. The van der Waals surface area contributed by atoms with Gasteiger partial charge in [0.25, 0.3) is 0 Å². The molecule has 5 nitrogen and oxygen atoms in total. The lowest BCUT2D eigenvalue weighted by atomic mass is 10.1. The van der Waals surface area contributed by atoms with Crippen molar-refractivity contribution in [3.63, 3.8) is 0 Å². The molecule has 1 N–H and O–H groups in total. The first-order valence-electron chi connectivity index (χ1n) is 6.70. The van der Waals surface area contributed by atoms with Gasteiger partial charge in [0.1, 0.15) is 18.1 Å². The van der Waals surface area contributed by atoms with Crippen LogP contribution < -0.4 is 0 Å². The molecule has 1 aromatic heterocycles. The monoisotopic (exact) mass is 267 g/mol. The fourth-order valence-corrected chi connectivity index (χ4v) is 2.48. The van der Waals surface area contributed by atoms with Gasteiger partial charge in [-0.1, -0.05) is 0 Å². The Hall–Kier alpha value is -1.33. The lowest BCUT2D eigenvalue weighted by molar-refractivity contribution is -0.145. The number of ether oxygens (including phenoxy) is 1. The van der Waals surface area contributed by atoms with E-state index in [0.29, 0.717) is 0 Å². The first-order valence-corrected chi connectivity index (χ1v) is 6.70. The Morgan fingerprint density at radius 3 is 2.74 bits per heavy atom. The zero-order chi connectivity index (χ0) is 13.8. The highest BCUT2D eigenvalue weighted by Gasteiger charge is 2.25. The van der Waals surface area contributed by atoms with Crippen LogP contribution in [0.4, 0.5) is 0 Å². The molecule has 5 heteroatoms. The number of carbonyl (C=O) groups is 1. The predicted molar refractivity (Wildman–Crippen MR) is 70.0 cm³/mol. The maximum Gasteiger partial charge on any atom is 0.329 e. The third-order valence-corrected chi connectivity index (χ3v) is 3.64. The van der Waals surface area contributed by atoms with E-state index in [-0.39, 0.29) is 18.8 Å². The van der Waals surface area contributed by atoms with Crippen LogP contribution in [0.15, 0.2) is 16.5 Å². The second kappa shape index (κ2) is 6.21. The summed E-state index contributed by atoms with van der Waals surface area (Å²) in [5, 5.41) is 8.59. The van der Waals surface area contributed by atoms with Gasteiger partial charge < -0.3 is 14.3 Å². The van der Waals surface area contributed by atoms with Crippen LogP contribution in [-0.2, 0) is 9.53 Å². The number of piperidine rings is 1. The molecule has 0 saturated carbocycles. The SMILES string of the molecule is Cc1ccc(C(C)N2CCC(OCC(=O)O)CC2)o1. The largest absolute Gasteiger partial charge is 0.480 e. The quantitative estimate of drug-likeness (QED) is 0.886. The van der Waals surface area contributed by atoms with E-state index in [4.69, 9.17) is 14.3 Å². The highest BCUT2D eigenvalue weighted by Crippen LogP contribution is 2.26. The van der Waals surface area contributed by atoms with E-state index in [9.17, 15) is 4.79 Å². The molecule has 0 aromatic carbocycles. The number of aryl methyl sites for hydroxylation is 1. The molecule has 0 bridgehead atoms. The third-order valence-electron chi connectivity index (χ3n) is 3.64. The molecule has 1 fully saturated rings. The Morgan fingerprint density at radius 1 is 1.53 bits per heavy atom. The van der Waals surface area contributed by atoms with Gasteiger partial charge in [0.15, 0.2) is 0 Å². The van der Waals surface area contributed by atoms with E-state index < -0.39 is 5.97 Å². The number of carboxylic acid groups (broad SMARTS) is 1.